The number of hydrogen-bond donors (Lipinski definition) is 1. The molecule has 0 unspecified atom stereocenters. The Morgan fingerprint density at radius 2 is 1.96 bits per heavy atom. The Morgan fingerprint density at radius 3 is 2.61 bits per heavy atom. The predicted octanol–water partition coefficient (Wildman–Crippen LogP) is 3.50. The van der Waals surface area contributed by atoms with E-state index in [1.165, 1.54) is 31.0 Å². The second-order valence-corrected chi connectivity index (χ2v) is 8.12. The Hall–Kier alpha value is -2.59. The van der Waals surface area contributed by atoms with Crippen LogP contribution in [0.2, 0.25) is 0 Å². The van der Waals surface area contributed by atoms with Crippen LogP contribution in [0.5, 0.6) is 0 Å². The second kappa shape index (κ2) is 9.07. The highest BCUT2D eigenvalue weighted by Crippen LogP contribution is 2.24. The minimum atomic E-state index is -0.483. The van der Waals surface area contributed by atoms with Gasteiger partial charge in [0.2, 0.25) is 5.91 Å². The number of aryl methyl sites for hydroxylation is 1. The lowest BCUT2D eigenvalue weighted by atomic mass is 9.94. The number of amides is 1. The number of nitriles is 1. The molecular weight excluding hydrogens is 372 g/mol. The van der Waals surface area contributed by atoms with Crippen molar-refractivity contribution in [2.75, 3.05) is 12.8 Å². The number of H-pyrrole nitrogens is 1. The van der Waals surface area contributed by atoms with E-state index in [0.717, 1.165) is 18.4 Å². The van der Waals surface area contributed by atoms with E-state index < -0.39 is 5.56 Å². The predicted molar refractivity (Wildman–Crippen MR) is 110 cm³/mol. The van der Waals surface area contributed by atoms with E-state index in [1.54, 1.807) is 0 Å². The van der Waals surface area contributed by atoms with Gasteiger partial charge in [0.05, 0.1) is 11.4 Å². The van der Waals surface area contributed by atoms with Crippen LogP contribution in [0.4, 0.5) is 0 Å². The molecule has 1 aliphatic carbocycles. The molecule has 6 nitrogen and oxygen atoms in total. The number of rotatable bonds is 5. The Kier molecular flexibility index (Phi) is 6.53. The molecule has 1 N–H and O–H groups in total. The Labute approximate surface area is 169 Å². The van der Waals surface area contributed by atoms with Gasteiger partial charge < -0.3 is 9.88 Å². The monoisotopic (exact) mass is 396 g/mol. The minimum Gasteiger partial charge on any atom is -0.342 e. The molecule has 2 aromatic rings. The number of carbonyl (C=O) groups is 1. The summed E-state index contributed by atoms with van der Waals surface area (Å²) in [6, 6.07) is 9.75. The summed E-state index contributed by atoms with van der Waals surface area (Å²) in [5, 5.41) is 9.72. The Bertz CT molecular complexity index is 940. The van der Waals surface area contributed by atoms with Crippen molar-refractivity contribution in [1.29, 1.82) is 5.26 Å². The topological polar surface area (TPSA) is 89.8 Å². The fraction of sp³-hybridized carbons (Fsp3) is 0.429. The zero-order valence-corrected chi connectivity index (χ0v) is 17.0. The third-order valence-corrected chi connectivity index (χ3v) is 6.04. The molecule has 146 valence electrons. The summed E-state index contributed by atoms with van der Waals surface area (Å²) >= 11 is 1.20. The molecule has 1 heterocycles. The Balaban J connectivity index is 1.77. The van der Waals surface area contributed by atoms with Crippen molar-refractivity contribution in [2.24, 2.45) is 0 Å². The normalized spacial score (nSPS) is 14.5. The summed E-state index contributed by atoms with van der Waals surface area (Å²) in [6.45, 7) is 1.97. The molecule has 3 rings (SSSR count). The van der Waals surface area contributed by atoms with E-state index in [2.05, 4.69) is 9.97 Å². The highest BCUT2D eigenvalue weighted by Gasteiger charge is 2.22. The van der Waals surface area contributed by atoms with Gasteiger partial charge in [-0.05, 0) is 19.8 Å². The van der Waals surface area contributed by atoms with Gasteiger partial charge >= 0.3 is 0 Å². The van der Waals surface area contributed by atoms with Crippen molar-refractivity contribution in [1.82, 2.24) is 14.9 Å². The first-order chi connectivity index (χ1) is 13.5. The van der Waals surface area contributed by atoms with Crippen molar-refractivity contribution < 1.29 is 4.79 Å². The van der Waals surface area contributed by atoms with Crippen LogP contribution in [0.15, 0.2) is 34.2 Å². The quantitative estimate of drug-likeness (QED) is 0.617. The number of benzene rings is 1. The maximum Gasteiger partial charge on any atom is 0.270 e. The lowest BCUT2D eigenvalue weighted by Crippen LogP contribution is -2.39. The van der Waals surface area contributed by atoms with Crippen molar-refractivity contribution in [3.63, 3.8) is 0 Å². The first-order valence-electron chi connectivity index (χ1n) is 9.49. The summed E-state index contributed by atoms with van der Waals surface area (Å²) in [5.74, 6) is 0.232. The van der Waals surface area contributed by atoms with Gasteiger partial charge in [-0.15, -0.1) is 0 Å². The van der Waals surface area contributed by atoms with Crippen molar-refractivity contribution in [3.8, 4) is 17.3 Å². The van der Waals surface area contributed by atoms with Crippen LogP contribution in [-0.2, 0) is 4.79 Å². The van der Waals surface area contributed by atoms with E-state index in [4.69, 9.17) is 0 Å². The zero-order chi connectivity index (χ0) is 20.1. The minimum absolute atomic E-state index is 0.0150. The van der Waals surface area contributed by atoms with Gasteiger partial charge in [0.25, 0.3) is 5.56 Å². The van der Waals surface area contributed by atoms with Crippen LogP contribution < -0.4 is 5.56 Å². The summed E-state index contributed by atoms with van der Waals surface area (Å²) in [5.41, 5.74) is 1.64. The fourth-order valence-electron chi connectivity index (χ4n) is 3.45. The van der Waals surface area contributed by atoms with Crippen LogP contribution in [0.25, 0.3) is 11.3 Å². The molecule has 0 atom stereocenters. The largest absolute Gasteiger partial charge is 0.342 e. The fourth-order valence-corrected chi connectivity index (χ4v) is 4.23. The van der Waals surface area contributed by atoms with Crippen LogP contribution in [-0.4, -0.2) is 39.6 Å². The van der Waals surface area contributed by atoms with E-state index in [1.807, 2.05) is 49.2 Å². The molecule has 0 spiro atoms. The number of nitrogens with zero attached hydrogens (tertiary/aromatic N) is 3. The zero-order valence-electron chi connectivity index (χ0n) is 16.2. The molecule has 0 bridgehead atoms. The first kappa shape index (κ1) is 20.2. The molecule has 0 saturated heterocycles. The molecule has 0 aliphatic heterocycles. The van der Waals surface area contributed by atoms with Gasteiger partial charge in [0, 0.05) is 18.7 Å². The van der Waals surface area contributed by atoms with E-state index >= 15 is 0 Å². The lowest BCUT2D eigenvalue weighted by molar-refractivity contribution is -0.129. The average molecular weight is 397 g/mol. The van der Waals surface area contributed by atoms with E-state index in [0.29, 0.717) is 22.5 Å². The average Bonchev–Trinajstić information content (AvgIpc) is 2.72. The van der Waals surface area contributed by atoms with Gasteiger partial charge in [-0.1, -0.05) is 60.9 Å². The second-order valence-electron chi connectivity index (χ2n) is 7.16. The van der Waals surface area contributed by atoms with Crippen LogP contribution in [0.1, 0.15) is 43.2 Å². The van der Waals surface area contributed by atoms with Gasteiger partial charge in [-0.2, -0.15) is 5.26 Å². The molecule has 0 radical (unpaired) electrons. The highest BCUT2D eigenvalue weighted by atomic mass is 32.2. The molecule has 28 heavy (non-hydrogen) atoms. The third-order valence-electron chi connectivity index (χ3n) is 5.18. The van der Waals surface area contributed by atoms with Crippen LogP contribution >= 0.6 is 11.8 Å². The van der Waals surface area contributed by atoms with Crippen molar-refractivity contribution in [2.45, 2.75) is 50.2 Å². The van der Waals surface area contributed by atoms with Gasteiger partial charge in [0.1, 0.15) is 11.6 Å². The van der Waals surface area contributed by atoms with Crippen LogP contribution in [0.3, 0.4) is 0 Å². The molecule has 1 aromatic heterocycles. The van der Waals surface area contributed by atoms with Gasteiger partial charge in [0.15, 0.2) is 5.16 Å². The molecular formula is C21H24N4O2S. The summed E-state index contributed by atoms with van der Waals surface area (Å²) in [6.07, 6.45) is 5.68. The van der Waals surface area contributed by atoms with Crippen LogP contribution in [0, 0.1) is 18.3 Å². The number of hydrogen-bond acceptors (Lipinski definition) is 5. The van der Waals surface area contributed by atoms with Crippen molar-refractivity contribution in [3.05, 3.63) is 45.7 Å². The number of thioether (sulfide) groups is 1. The number of nitrogens with one attached hydrogen (secondary N) is 1. The Morgan fingerprint density at radius 1 is 1.29 bits per heavy atom. The summed E-state index contributed by atoms with van der Waals surface area (Å²) in [4.78, 5) is 33.8. The molecule has 1 saturated carbocycles. The first-order valence-corrected chi connectivity index (χ1v) is 10.5. The highest BCUT2D eigenvalue weighted by molar-refractivity contribution is 7.99. The SMILES string of the molecule is Cc1ccc(-c2nc(SCC(=O)N(C)C3CCCCC3)[nH]c(=O)c2C#N)cc1. The van der Waals surface area contributed by atoms with Crippen molar-refractivity contribution >= 4 is 17.7 Å². The standard InChI is InChI=1S/C21H24N4O2S/c1-14-8-10-15(11-9-14)19-17(12-22)20(27)24-21(23-19)28-13-18(26)25(2)16-6-4-3-5-7-16/h8-11,16H,3-7,13H2,1-2H3,(H,23,24,27). The maximum atomic E-state index is 12.5. The van der Waals surface area contributed by atoms with E-state index in [9.17, 15) is 14.9 Å². The molecule has 1 amide bonds. The summed E-state index contributed by atoms with van der Waals surface area (Å²) < 4.78 is 0. The third kappa shape index (κ3) is 4.63. The number of carbonyl (C=O) groups excluding carboxylic acids is 1. The number of aromatic amines is 1. The van der Waals surface area contributed by atoms with Gasteiger partial charge in [-0.3, -0.25) is 9.59 Å². The molecule has 1 fully saturated rings. The summed E-state index contributed by atoms with van der Waals surface area (Å²) in [7, 11) is 1.85. The molecule has 7 heteroatoms. The maximum absolute atomic E-state index is 12.5. The molecule has 1 aromatic carbocycles. The van der Waals surface area contributed by atoms with Gasteiger partial charge in [-0.25, -0.2) is 4.98 Å². The smallest absolute Gasteiger partial charge is 0.270 e. The molecule has 1 aliphatic rings. The number of aromatic nitrogens is 2. The lowest BCUT2D eigenvalue weighted by Gasteiger charge is -2.31. The van der Waals surface area contributed by atoms with E-state index in [-0.39, 0.29) is 17.2 Å².